The van der Waals surface area contributed by atoms with Gasteiger partial charge in [0.15, 0.2) is 0 Å². The van der Waals surface area contributed by atoms with Crippen molar-refractivity contribution in [3.63, 3.8) is 0 Å². The minimum absolute atomic E-state index is 0.274. The summed E-state index contributed by atoms with van der Waals surface area (Å²) in [6, 6.07) is 10.7. The number of aromatic nitrogens is 1. The van der Waals surface area contributed by atoms with Gasteiger partial charge in [0.2, 0.25) is 10.0 Å². The maximum Gasteiger partial charge on any atom is 0.247 e. The van der Waals surface area contributed by atoms with Crippen LogP contribution in [0.15, 0.2) is 52.2 Å². The molecule has 134 valence electrons. The van der Waals surface area contributed by atoms with Crippen LogP contribution in [0.5, 0.6) is 0 Å². The Morgan fingerprint density at radius 3 is 2.77 bits per heavy atom. The number of aryl methyl sites for hydroxylation is 1. The van der Waals surface area contributed by atoms with Crippen molar-refractivity contribution in [2.45, 2.75) is 19.4 Å². The summed E-state index contributed by atoms with van der Waals surface area (Å²) in [5.74, 6) is 0.543. The Hall–Kier alpha value is -2.38. The number of nitrogens with zero attached hydrogens (tertiary/aromatic N) is 3. The number of halogens is 1. The highest BCUT2D eigenvalue weighted by Crippen LogP contribution is 2.38. The van der Waals surface area contributed by atoms with Gasteiger partial charge in [0.1, 0.15) is 16.6 Å². The molecule has 0 saturated heterocycles. The Balaban J connectivity index is 1.83. The van der Waals surface area contributed by atoms with Crippen molar-refractivity contribution in [2.75, 3.05) is 6.26 Å². The van der Waals surface area contributed by atoms with Gasteiger partial charge in [0.25, 0.3) is 0 Å². The van der Waals surface area contributed by atoms with Crippen LogP contribution in [0.2, 0.25) is 5.15 Å². The van der Waals surface area contributed by atoms with Crippen LogP contribution in [0, 0.1) is 6.92 Å². The van der Waals surface area contributed by atoms with Gasteiger partial charge in [-0.05, 0) is 37.3 Å². The molecule has 0 spiro atoms. The fraction of sp³-hybridized carbons (Fsp3) is 0.222. The Bertz CT molecular complexity index is 1120. The van der Waals surface area contributed by atoms with Crippen LogP contribution in [0.25, 0.3) is 10.9 Å². The van der Waals surface area contributed by atoms with Gasteiger partial charge in [-0.25, -0.2) is 13.4 Å². The van der Waals surface area contributed by atoms with Gasteiger partial charge in [-0.15, -0.1) is 0 Å². The third-order valence-electron chi connectivity index (χ3n) is 4.33. The van der Waals surface area contributed by atoms with Gasteiger partial charge in [-0.3, -0.25) is 0 Å². The van der Waals surface area contributed by atoms with Crippen molar-refractivity contribution in [1.82, 2.24) is 9.40 Å². The van der Waals surface area contributed by atoms with E-state index in [1.807, 2.05) is 31.2 Å². The standard InChI is InChI=1S/C18H16ClN3O3S/c1-11-5-6-14-12(8-11)9-13(18(19)20-14)16-10-15(17-4-3-7-25-17)21-22(16)26(2,23)24/h3-9,16H,10H2,1-2H3/t16-/m1/s1. The molecule has 0 aliphatic carbocycles. The number of fused-ring (bicyclic) bond motifs is 1. The number of hydrazone groups is 1. The summed E-state index contributed by atoms with van der Waals surface area (Å²) in [7, 11) is -3.58. The van der Waals surface area contributed by atoms with E-state index in [0.717, 1.165) is 27.1 Å². The Morgan fingerprint density at radius 1 is 1.27 bits per heavy atom. The molecule has 3 aromatic rings. The third kappa shape index (κ3) is 2.97. The molecule has 1 aliphatic heterocycles. The van der Waals surface area contributed by atoms with Crippen molar-refractivity contribution in [1.29, 1.82) is 0 Å². The number of furan rings is 1. The van der Waals surface area contributed by atoms with E-state index >= 15 is 0 Å². The summed E-state index contributed by atoms with van der Waals surface area (Å²) in [6.07, 6.45) is 3.02. The van der Waals surface area contributed by atoms with Crippen LogP contribution in [-0.2, 0) is 10.0 Å². The second kappa shape index (κ2) is 6.10. The smallest absolute Gasteiger partial charge is 0.247 e. The van der Waals surface area contributed by atoms with E-state index in [2.05, 4.69) is 10.1 Å². The highest BCUT2D eigenvalue weighted by molar-refractivity contribution is 7.88. The SMILES string of the molecule is Cc1ccc2nc(Cl)c([C@H]3CC(c4ccco4)=NN3S(C)(=O)=O)cc2c1. The molecule has 2 aromatic heterocycles. The molecule has 0 radical (unpaired) electrons. The van der Waals surface area contributed by atoms with Crippen molar-refractivity contribution in [3.05, 3.63) is 64.7 Å². The van der Waals surface area contributed by atoms with E-state index in [-0.39, 0.29) is 5.15 Å². The lowest BCUT2D eigenvalue weighted by Gasteiger charge is -2.22. The fourth-order valence-corrected chi connectivity index (χ4v) is 4.31. The second-order valence-corrected chi connectivity index (χ2v) is 8.54. The first-order valence-electron chi connectivity index (χ1n) is 8.00. The molecule has 4 rings (SSSR count). The van der Waals surface area contributed by atoms with Crippen LogP contribution in [0.3, 0.4) is 0 Å². The predicted molar refractivity (Wildman–Crippen MR) is 101 cm³/mol. The Morgan fingerprint density at radius 2 is 2.08 bits per heavy atom. The van der Waals surface area contributed by atoms with Crippen LogP contribution in [0.1, 0.15) is 29.3 Å². The van der Waals surface area contributed by atoms with Gasteiger partial charge in [-0.2, -0.15) is 9.52 Å². The maximum absolute atomic E-state index is 12.3. The number of sulfonamides is 1. The molecule has 0 fully saturated rings. The fourth-order valence-electron chi connectivity index (χ4n) is 3.14. The summed E-state index contributed by atoms with van der Waals surface area (Å²) < 4.78 is 31.0. The molecule has 0 N–H and O–H groups in total. The largest absolute Gasteiger partial charge is 0.463 e. The molecule has 8 heteroatoms. The molecular formula is C18H16ClN3O3S. The zero-order valence-corrected chi connectivity index (χ0v) is 15.8. The number of pyridine rings is 1. The molecule has 1 atom stereocenters. The summed E-state index contributed by atoms with van der Waals surface area (Å²) in [5, 5.41) is 5.46. The minimum Gasteiger partial charge on any atom is -0.463 e. The van der Waals surface area contributed by atoms with E-state index in [0.29, 0.717) is 23.5 Å². The van der Waals surface area contributed by atoms with Gasteiger partial charge in [-0.1, -0.05) is 23.2 Å². The van der Waals surface area contributed by atoms with Crippen LogP contribution in [0.4, 0.5) is 0 Å². The number of benzene rings is 1. The predicted octanol–water partition coefficient (Wildman–Crippen LogP) is 3.90. The highest BCUT2D eigenvalue weighted by atomic mass is 35.5. The molecule has 0 unspecified atom stereocenters. The first-order chi connectivity index (χ1) is 12.3. The van der Waals surface area contributed by atoms with Crippen molar-refractivity contribution >= 4 is 38.2 Å². The van der Waals surface area contributed by atoms with E-state index in [4.69, 9.17) is 16.0 Å². The van der Waals surface area contributed by atoms with Crippen molar-refractivity contribution in [3.8, 4) is 0 Å². The zero-order chi connectivity index (χ0) is 18.5. The third-order valence-corrected chi connectivity index (χ3v) is 5.65. The lowest BCUT2D eigenvalue weighted by Crippen LogP contribution is -2.26. The normalized spacial score (nSPS) is 17.7. The van der Waals surface area contributed by atoms with Gasteiger partial charge in [0.05, 0.1) is 24.1 Å². The topological polar surface area (TPSA) is 75.8 Å². The molecule has 1 aliphatic rings. The van der Waals surface area contributed by atoms with E-state index < -0.39 is 16.1 Å². The van der Waals surface area contributed by atoms with Crippen LogP contribution < -0.4 is 0 Å². The molecule has 3 heterocycles. The van der Waals surface area contributed by atoms with Gasteiger partial charge in [0, 0.05) is 17.4 Å². The summed E-state index contributed by atoms with van der Waals surface area (Å²) in [4.78, 5) is 4.44. The van der Waals surface area contributed by atoms with E-state index in [9.17, 15) is 8.42 Å². The maximum atomic E-state index is 12.3. The highest BCUT2D eigenvalue weighted by Gasteiger charge is 2.37. The summed E-state index contributed by atoms with van der Waals surface area (Å²) >= 11 is 6.40. The molecular weight excluding hydrogens is 374 g/mol. The summed E-state index contributed by atoms with van der Waals surface area (Å²) in [6.45, 7) is 1.99. The van der Waals surface area contributed by atoms with Gasteiger partial charge < -0.3 is 4.42 Å². The lowest BCUT2D eigenvalue weighted by atomic mass is 10.0. The molecule has 0 saturated carbocycles. The molecule has 0 amide bonds. The van der Waals surface area contributed by atoms with E-state index in [1.54, 1.807) is 12.1 Å². The molecule has 1 aromatic carbocycles. The monoisotopic (exact) mass is 389 g/mol. The first-order valence-corrected chi connectivity index (χ1v) is 10.2. The average Bonchev–Trinajstić information content (AvgIpc) is 3.23. The van der Waals surface area contributed by atoms with E-state index in [1.165, 1.54) is 6.26 Å². The number of hydrogen-bond acceptors (Lipinski definition) is 5. The lowest BCUT2D eigenvalue weighted by molar-refractivity contribution is 0.374. The molecule has 26 heavy (non-hydrogen) atoms. The van der Waals surface area contributed by atoms with Crippen molar-refractivity contribution in [2.24, 2.45) is 5.10 Å². The number of hydrogen-bond donors (Lipinski definition) is 0. The van der Waals surface area contributed by atoms with Crippen LogP contribution >= 0.6 is 11.6 Å². The number of rotatable bonds is 3. The zero-order valence-electron chi connectivity index (χ0n) is 14.2. The quantitative estimate of drug-likeness (QED) is 0.636. The average molecular weight is 390 g/mol. The first kappa shape index (κ1) is 17.1. The van der Waals surface area contributed by atoms with Crippen LogP contribution in [-0.4, -0.2) is 29.8 Å². The van der Waals surface area contributed by atoms with Gasteiger partial charge >= 0.3 is 0 Å². The summed E-state index contributed by atoms with van der Waals surface area (Å²) in [5.41, 5.74) is 3.04. The van der Waals surface area contributed by atoms with Crippen molar-refractivity contribution < 1.29 is 12.8 Å². The second-order valence-electron chi connectivity index (χ2n) is 6.34. The molecule has 6 nitrogen and oxygen atoms in total. The Kier molecular flexibility index (Phi) is 4.00. The molecule has 0 bridgehead atoms. The minimum atomic E-state index is -3.58. The Labute approximate surface area is 156 Å².